The van der Waals surface area contributed by atoms with E-state index >= 15 is 0 Å². The third-order valence-electron chi connectivity index (χ3n) is 5.57. The molecule has 2 aromatic rings. The van der Waals surface area contributed by atoms with Crippen molar-refractivity contribution in [1.82, 2.24) is 0 Å². The Morgan fingerprint density at radius 2 is 1.88 bits per heavy atom. The third-order valence-corrected chi connectivity index (χ3v) is 5.57. The van der Waals surface area contributed by atoms with Gasteiger partial charge in [0.1, 0.15) is 0 Å². The SMILES string of the molecule is C/C=C(\N=CCCC)C(c1cccc(NC(C)=O)c1)c1cccc(C)c1C.C1CCOC1. The molecule has 32 heavy (non-hydrogen) atoms. The molecule has 0 saturated carbocycles. The van der Waals surface area contributed by atoms with Crippen LogP contribution >= 0.6 is 0 Å². The number of carbonyl (C=O) groups excluding carboxylic acids is 1. The third kappa shape index (κ3) is 7.76. The zero-order valence-corrected chi connectivity index (χ0v) is 20.3. The first kappa shape index (κ1) is 25.5. The summed E-state index contributed by atoms with van der Waals surface area (Å²) in [5, 5.41) is 2.89. The monoisotopic (exact) mass is 434 g/mol. The smallest absolute Gasteiger partial charge is 0.221 e. The summed E-state index contributed by atoms with van der Waals surface area (Å²) < 4.78 is 4.94. The first-order valence-electron chi connectivity index (χ1n) is 11.7. The number of nitrogens with zero attached hydrogens (tertiary/aromatic N) is 1. The Morgan fingerprint density at radius 3 is 2.47 bits per heavy atom. The van der Waals surface area contributed by atoms with Crippen molar-refractivity contribution < 1.29 is 9.53 Å². The number of aliphatic imine (C=N–C) groups is 1. The maximum absolute atomic E-state index is 11.5. The highest BCUT2D eigenvalue weighted by Crippen LogP contribution is 2.36. The maximum atomic E-state index is 11.5. The molecule has 0 bridgehead atoms. The number of amides is 1. The van der Waals surface area contributed by atoms with Gasteiger partial charge in [-0.25, -0.2) is 0 Å². The number of unbranched alkanes of at least 4 members (excludes halogenated alkanes) is 1. The Hall–Kier alpha value is -2.72. The van der Waals surface area contributed by atoms with Crippen molar-refractivity contribution in [3.05, 3.63) is 76.5 Å². The Bertz CT molecular complexity index is 919. The van der Waals surface area contributed by atoms with Crippen molar-refractivity contribution in [2.24, 2.45) is 4.99 Å². The van der Waals surface area contributed by atoms with Crippen molar-refractivity contribution >= 4 is 17.8 Å². The van der Waals surface area contributed by atoms with Gasteiger partial charge in [0.05, 0.1) is 5.92 Å². The number of rotatable bonds is 7. The minimum atomic E-state index is -0.0670. The maximum Gasteiger partial charge on any atom is 0.221 e. The first-order valence-corrected chi connectivity index (χ1v) is 11.7. The Morgan fingerprint density at radius 1 is 1.16 bits per heavy atom. The summed E-state index contributed by atoms with van der Waals surface area (Å²) >= 11 is 0. The molecule has 1 aliphatic rings. The Balaban J connectivity index is 0.000000636. The van der Waals surface area contributed by atoms with Gasteiger partial charge in [-0.05, 0) is 74.4 Å². The molecule has 1 heterocycles. The molecule has 1 aliphatic heterocycles. The summed E-state index contributed by atoms with van der Waals surface area (Å²) in [4.78, 5) is 16.3. The van der Waals surface area contributed by atoms with Crippen molar-refractivity contribution in [2.75, 3.05) is 18.5 Å². The molecule has 0 radical (unpaired) electrons. The summed E-state index contributed by atoms with van der Waals surface area (Å²) in [6.07, 6.45) is 8.68. The molecule has 0 aromatic heterocycles. The molecule has 0 aliphatic carbocycles. The minimum Gasteiger partial charge on any atom is -0.381 e. The van der Waals surface area contributed by atoms with E-state index in [2.05, 4.69) is 56.4 Å². The lowest BCUT2D eigenvalue weighted by atomic mass is 9.84. The molecule has 2 aromatic carbocycles. The number of allylic oxidation sites excluding steroid dienone is 2. The number of carbonyl (C=O) groups is 1. The second-order valence-electron chi connectivity index (χ2n) is 8.16. The quantitative estimate of drug-likeness (QED) is 0.479. The fraction of sp³-hybridized carbons (Fsp3) is 0.429. The number of hydrogen-bond donors (Lipinski definition) is 1. The summed E-state index contributed by atoms with van der Waals surface area (Å²) in [5.74, 6) is -0.0422. The van der Waals surface area contributed by atoms with Gasteiger partial charge < -0.3 is 10.1 Å². The molecule has 172 valence electrons. The van der Waals surface area contributed by atoms with Gasteiger partial charge in [0, 0.05) is 37.7 Å². The highest BCUT2D eigenvalue weighted by atomic mass is 16.5. The molecule has 1 unspecified atom stereocenters. The average molecular weight is 435 g/mol. The number of aryl methyl sites for hydroxylation is 1. The van der Waals surface area contributed by atoms with E-state index in [1.807, 2.05) is 31.3 Å². The van der Waals surface area contributed by atoms with Crippen LogP contribution in [-0.2, 0) is 9.53 Å². The molecule has 1 fully saturated rings. The van der Waals surface area contributed by atoms with Crippen LogP contribution in [0.15, 0.2) is 59.2 Å². The van der Waals surface area contributed by atoms with Crippen LogP contribution < -0.4 is 5.32 Å². The molecule has 1 saturated heterocycles. The van der Waals surface area contributed by atoms with Gasteiger partial charge in [-0.1, -0.05) is 49.8 Å². The summed E-state index contributed by atoms with van der Waals surface area (Å²) in [6.45, 7) is 12.0. The Labute approximate surface area is 193 Å². The van der Waals surface area contributed by atoms with E-state index in [0.717, 1.165) is 43.0 Å². The summed E-state index contributed by atoms with van der Waals surface area (Å²) in [7, 11) is 0. The topological polar surface area (TPSA) is 50.7 Å². The van der Waals surface area contributed by atoms with Crippen molar-refractivity contribution in [2.45, 2.75) is 66.2 Å². The molecule has 4 nitrogen and oxygen atoms in total. The molecule has 1 amide bonds. The van der Waals surface area contributed by atoms with E-state index < -0.39 is 0 Å². The summed E-state index contributed by atoms with van der Waals surface area (Å²) in [6, 6.07) is 14.5. The number of anilines is 1. The summed E-state index contributed by atoms with van der Waals surface area (Å²) in [5.41, 5.74) is 6.75. The van der Waals surface area contributed by atoms with Gasteiger partial charge >= 0.3 is 0 Å². The van der Waals surface area contributed by atoms with Gasteiger partial charge in [0.15, 0.2) is 0 Å². The van der Waals surface area contributed by atoms with Crippen LogP contribution in [0, 0.1) is 13.8 Å². The lowest BCUT2D eigenvalue weighted by Gasteiger charge is -2.22. The highest BCUT2D eigenvalue weighted by molar-refractivity contribution is 5.88. The minimum absolute atomic E-state index is 0.0247. The molecule has 1 N–H and O–H groups in total. The van der Waals surface area contributed by atoms with Gasteiger partial charge in [0.2, 0.25) is 5.91 Å². The predicted octanol–water partition coefficient (Wildman–Crippen LogP) is 6.97. The van der Waals surface area contributed by atoms with Crippen LogP contribution in [0.5, 0.6) is 0 Å². The van der Waals surface area contributed by atoms with Gasteiger partial charge in [0.25, 0.3) is 0 Å². The molecule has 4 heteroatoms. The van der Waals surface area contributed by atoms with Gasteiger partial charge in [-0.15, -0.1) is 0 Å². The van der Waals surface area contributed by atoms with Crippen molar-refractivity contribution in [3.8, 4) is 0 Å². The van der Waals surface area contributed by atoms with E-state index in [-0.39, 0.29) is 11.8 Å². The van der Waals surface area contributed by atoms with E-state index in [1.54, 1.807) is 0 Å². The zero-order chi connectivity index (χ0) is 23.3. The fourth-order valence-corrected chi connectivity index (χ4v) is 3.72. The molecule has 1 atom stereocenters. The lowest BCUT2D eigenvalue weighted by Crippen LogP contribution is -2.09. The predicted molar refractivity (Wildman–Crippen MR) is 136 cm³/mol. The van der Waals surface area contributed by atoms with Crippen LogP contribution in [0.3, 0.4) is 0 Å². The van der Waals surface area contributed by atoms with Crippen LogP contribution in [0.4, 0.5) is 5.69 Å². The number of nitrogens with one attached hydrogen (secondary N) is 1. The molecule has 3 rings (SSSR count). The second-order valence-corrected chi connectivity index (χ2v) is 8.16. The van der Waals surface area contributed by atoms with E-state index in [9.17, 15) is 4.79 Å². The second kappa shape index (κ2) is 13.6. The van der Waals surface area contributed by atoms with Crippen LogP contribution in [0.2, 0.25) is 0 Å². The lowest BCUT2D eigenvalue weighted by molar-refractivity contribution is -0.114. The fourth-order valence-electron chi connectivity index (χ4n) is 3.72. The van der Waals surface area contributed by atoms with Crippen LogP contribution in [0.25, 0.3) is 0 Å². The van der Waals surface area contributed by atoms with Crippen LogP contribution in [-0.4, -0.2) is 25.3 Å². The normalized spacial score (nSPS) is 14.7. The average Bonchev–Trinajstić information content (AvgIpc) is 3.36. The largest absolute Gasteiger partial charge is 0.381 e. The number of hydrogen-bond acceptors (Lipinski definition) is 3. The Kier molecular flexibility index (Phi) is 10.9. The highest BCUT2D eigenvalue weighted by Gasteiger charge is 2.21. The number of ether oxygens (including phenoxy) is 1. The molecule has 0 spiro atoms. The molecular weight excluding hydrogens is 396 g/mol. The van der Waals surface area contributed by atoms with Gasteiger partial charge in [-0.2, -0.15) is 0 Å². The zero-order valence-electron chi connectivity index (χ0n) is 20.3. The first-order chi connectivity index (χ1) is 15.5. The van der Waals surface area contributed by atoms with Crippen LogP contribution in [0.1, 0.15) is 74.6 Å². The van der Waals surface area contributed by atoms with Gasteiger partial charge in [-0.3, -0.25) is 9.79 Å². The molecular formula is C28H38N2O2. The van der Waals surface area contributed by atoms with E-state index in [0.29, 0.717) is 0 Å². The van der Waals surface area contributed by atoms with Crippen molar-refractivity contribution in [1.29, 1.82) is 0 Å². The number of benzene rings is 2. The standard InChI is InChI=1S/C24H30N2O.C4H8O/c1-6-8-15-25-23(7-2)24(22-14-9-11-17(3)18(22)4)20-12-10-13-21(16-20)26-19(5)27;1-2-4-5-3-1/h7,9-16,24H,6,8H2,1-5H3,(H,26,27);1-4H2/b23-7-,25-15?;. The van der Waals surface area contributed by atoms with E-state index in [1.165, 1.54) is 36.5 Å². The van der Waals surface area contributed by atoms with E-state index in [4.69, 9.17) is 9.73 Å². The van der Waals surface area contributed by atoms with Crippen molar-refractivity contribution in [3.63, 3.8) is 0 Å².